The van der Waals surface area contributed by atoms with E-state index in [1.54, 1.807) is 18.7 Å². The molecule has 0 aliphatic heterocycles. The third-order valence-corrected chi connectivity index (χ3v) is 6.00. The molecule has 8 heteroatoms. The number of imidazole rings is 1. The van der Waals surface area contributed by atoms with Crippen molar-refractivity contribution in [2.75, 3.05) is 10.2 Å². The van der Waals surface area contributed by atoms with Crippen molar-refractivity contribution in [3.63, 3.8) is 0 Å². The molecule has 2 N–H and O–H groups in total. The van der Waals surface area contributed by atoms with Gasteiger partial charge in [0.05, 0.1) is 16.7 Å². The first-order valence-corrected chi connectivity index (χ1v) is 9.88. The highest BCUT2D eigenvalue weighted by atomic mass is 32.1. The summed E-state index contributed by atoms with van der Waals surface area (Å²) in [4.78, 5) is 39.1. The second-order valence-corrected chi connectivity index (χ2v) is 7.77. The van der Waals surface area contributed by atoms with E-state index in [1.807, 2.05) is 24.3 Å². The third-order valence-electron chi connectivity index (χ3n) is 4.85. The Balaban J connectivity index is 1.58. The van der Waals surface area contributed by atoms with Gasteiger partial charge in [-0.15, -0.1) is 0 Å². The summed E-state index contributed by atoms with van der Waals surface area (Å²) in [5.41, 5.74) is 2.27. The maximum Gasteiger partial charge on any atom is 0.270 e. The van der Waals surface area contributed by atoms with E-state index in [9.17, 15) is 9.59 Å². The highest BCUT2D eigenvalue weighted by Crippen LogP contribution is 2.33. The highest BCUT2D eigenvalue weighted by Gasteiger charge is 2.29. The molecule has 0 saturated heterocycles. The van der Waals surface area contributed by atoms with E-state index < -0.39 is 0 Å². The standard InChI is InChI=1S/C19H21N5O2S/c1-11-16(17(26)23-18-21-14-9-5-6-10-15(14)22-18)27-19(20-11)24(12(2)25)13-7-3-4-8-13/h5-6,9-10,13H,3-4,7-8H2,1-2H3,(H2,21,22,23,26). The molecule has 2 amide bonds. The van der Waals surface area contributed by atoms with Crippen LogP contribution in [0.2, 0.25) is 0 Å². The van der Waals surface area contributed by atoms with E-state index >= 15 is 0 Å². The molecule has 3 aromatic rings. The number of aryl methyl sites for hydroxylation is 1. The van der Waals surface area contributed by atoms with Crippen molar-refractivity contribution in [2.24, 2.45) is 0 Å². The molecule has 1 aromatic carbocycles. The van der Waals surface area contributed by atoms with Crippen LogP contribution in [0.3, 0.4) is 0 Å². The number of amides is 2. The lowest BCUT2D eigenvalue weighted by Gasteiger charge is -2.24. The number of aromatic amines is 1. The number of para-hydroxylation sites is 2. The quantitative estimate of drug-likeness (QED) is 0.715. The van der Waals surface area contributed by atoms with Crippen LogP contribution < -0.4 is 10.2 Å². The topological polar surface area (TPSA) is 91.0 Å². The molecule has 2 aromatic heterocycles. The molecular weight excluding hydrogens is 362 g/mol. The van der Waals surface area contributed by atoms with Crippen molar-refractivity contribution in [3.8, 4) is 0 Å². The molecule has 0 radical (unpaired) electrons. The number of carbonyl (C=O) groups excluding carboxylic acids is 2. The summed E-state index contributed by atoms with van der Waals surface area (Å²) in [6.07, 6.45) is 4.22. The second-order valence-electron chi connectivity index (χ2n) is 6.79. The van der Waals surface area contributed by atoms with Gasteiger partial charge in [-0.2, -0.15) is 0 Å². The largest absolute Gasteiger partial charge is 0.324 e. The van der Waals surface area contributed by atoms with Gasteiger partial charge in [-0.05, 0) is 31.9 Å². The van der Waals surface area contributed by atoms with Gasteiger partial charge >= 0.3 is 0 Å². The van der Waals surface area contributed by atoms with Crippen molar-refractivity contribution in [2.45, 2.75) is 45.6 Å². The van der Waals surface area contributed by atoms with E-state index in [-0.39, 0.29) is 17.9 Å². The smallest absolute Gasteiger partial charge is 0.270 e. The van der Waals surface area contributed by atoms with Gasteiger partial charge in [0, 0.05) is 13.0 Å². The van der Waals surface area contributed by atoms with Gasteiger partial charge < -0.3 is 4.98 Å². The zero-order chi connectivity index (χ0) is 19.0. The van der Waals surface area contributed by atoms with Crippen molar-refractivity contribution < 1.29 is 9.59 Å². The maximum absolute atomic E-state index is 12.7. The summed E-state index contributed by atoms with van der Waals surface area (Å²) in [7, 11) is 0. The molecule has 4 rings (SSSR count). The number of rotatable bonds is 4. The molecule has 140 valence electrons. The Morgan fingerprint density at radius 2 is 1.96 bits per heavy atom. The Hall–Kier alpha value is -2.74. The Labute approximate surface area is 160 Å². The van der Waals surface area contributed by atoms with Crippen LogP contribution in [-0.4, -0.2) is 32.8 Å². The second kappa shape index (κ2) is 7.11. The average molecular weight is 383 g/mol. The predicted molar refractivity (Wildman–Crippen MR) is 106 cm³/mol. The number of aromatic nitrogens is 3. The number of nitrogens with one attached hydrogen (secondary N) is 2. The summed E-state index contributed by atoms with van der Waals surface area (Å²) in [5, 5.41) is 3.40. The Bertz CT molecular complexity index is 970. The van der Waals surface area contributed by atoms with Crippen LogP contribution in [0.5, 0.6) is 0 Å². The van der Waals surface area contributed by atoms with E-state index in [2.05, 4.69) is 20.3 Å². The van der Waals surface area contributed by atoms with Gasteiger partial charge in [0.2, 0.25) is 11.9 Å². The van der Waals surface area contributed by atoms with Crippen LogP contribution in [0.4, 0.5) is 11.1 Å². The van der Waals surface area contributed by atoms with Crippen LogP contribution in [-0.2, 0) is 4.79 Å². The maximum atomic E-state index is 12.7. The van der Waals surface area contributed by atoms with Crippen molar-refractivity contribution in [3.05, 3.63) is 34.8 Å². The van der Waals surface area contributed by atoms with Crippen molar-refractivity contribution in [1.29, 1.82) is 0 Å². The van der Waals surface area contributed by atoms with Crippen LogP contribution in [0, 0.1) is 6.92 Å². The first kappa shape index (κ1) is 17.7. The predicted octanol–water partition coefficient (Wildman–Crippen LogP) is 3.88. The fraction of sp³-hybridized carbons (Fsp3) is 0.368. The van der Waals surface area contributed by atoms with Gasteiger partial charge in [-0.1, -0.05) is 36.3 Å². The number of thiazole rings is 1. The zero-order valence-corrected chi connectivity index (χ0v) is 16.1. The number of benzene rings is 1. The number of nitrogens with zero attached hydrogens (tertiary/aromatic N) is 3. The number of carbonyl (C=O) groups is 2. The molecule has 0 atom stereocenters. The highest BCUT2D eigenvalue weighted by molar-refractivity contribution is 7.17. The number of anilines is 2. The summed E-state index contributed by atoms with van der Waals surface area (Å²) in [6.45, 7) is 3.35. The number of fused-ring (bicyclic) bond motifs is 1. The molecule has 0 unspecified atom stereocenters. The van der Waals surface area contributed by atoms with E-state index in [0.29, 0.717) is 21.7 Å². The summed E-state index contributed by atoms with van der Waals surface area (Å²) < 4.78 is 0. The first-order chi connectivity index (χ1) is 13.0. The SMILES string of the molecule is CC(=O)N(c1nc(C)c(C(=O)Nc2nc3ccccc3[nH]2)s1)C1CCCC1. The monoisotopic (exact) mass is 383 g/mol. The molecule has 1 aliphatic rings. The molecule has 1 saturated carbocycles. The molecule has 2 heterocycles. The summed E-state index contributed by atoms with van der Waals surface area (Å²) >= 11 is 1.26. The molecule has 1 fully saturated rings. The molecule has 0 bridgehead atoms. The van der Waals surface area contributed by atoms with Gasteiger partial charge in [0.1, 0.15) is 4.88 Å². The lowest BCUT2D eigenvalue weighted by Crippen LogP contribution is -2.37. The number of hydrogen-bond acceptors (Lipinski definition) is 5. The Morgan fingerprint density at radius 3 is 2.67 bits per heavy atom. The van der Waals surface area contributed by atoms with Gasteiger partial charge in [-0.25, -0.2) is 9.97 Å². The lowest BCUT2D eigenvalue weighted by atomic mass is 10.2. The lowest BCUT2D eigenvalue weighted by molar-refractivity contribution is -0.117. The van der Waals surface area contributed by atoms with Crippen LogP contribution >= 0.6 is 11.3 Å². The molecule has 27 heavy (non-hydrogen) atoms. The van der Waals surface area contributed by atoms with Crippen LogP contribution in [0.25, 0.3) is 11.0 Å². The van der Waals surface area contributed by atoms with Crippen LogP contribution in [0.1, 0.15) is 48.0 Å². The van der Waals surface area contributed by atoms with Gasteiger partial charge in [0.25, 0.3) is 5.91 Å². The zero-order valence-electron chi connectivity index (χ0n) is 15.3. The molecular formula is C19H21N5O2S. The van der Waals surface area contributed by atoms with E-state index in [1.165, 1.54) is 11.3 Å². The fourth-order valence-corrected chi connectivity index (χ4v) is 4.66. The normalized spacial score (nSPS) is 14.6. The molecule has 0 spiro atoms. The third kappa shape index (κ3) is 3.44. The summed E-state index contributed by atoms with van der Waals surface area (Å²) in [5.74, 6) is 0.0971. The minimum atomic E-state index is -0.273. The van der Waals surface area contributed by atoms with Crippen molar-refractivity contribution >= 4 is 45.3 Å². The molecule has 1 aliphatic carbocycles. The molecule has 7 nitrogen and oxygen atoms in total. The Kier molecular flexibility index (Phi) is 4.65. The van der Waals surface area contributed by atoms with Crippen LogP contribution in [0.15, 0.2) is 24.3 Å². The summed E-state index contributed by atoms with van der Waals surface area (Å²) in [6, 6.07) is 7.77. The van der Waals surface area contributed by atoms with E-state index in [0.717, 1.165) is 36.7 Å². The first-order valence-electron chi connectivity index (χ1n) is 9.06. The van der Waals surface area contributed by atoms with Gasteiger partial charge in [0.15, 0.2) is 5.13 Å². The van der Waals surface area contributed by atoms with Crippen molar-refractivity contribution in [1.82, 2.24) is 15.0 Å². The van der Waals surface area contributed by atoms with E-state index in [4.69, 9.17) is 0 Å². The average Bonchev–Trinajstić information content (AvgIpc) is 3.34. The van der Waals surface area contributed by atoms with Gasteiger partial charge in [-0.3, -0.25) is 19.8 Å². The fourth-order valence-electron chi connectivity index (χ4n) is 3.58. The Morgan fingerprint density at radius 1 is 1.22 bits per heavy atom. The minimum absolute atomic E-state index is 0.0279. The number of H-pyrrole nitrogens is 1. The minimum Gasteiger partial charge on any atom is -0.324 e. The number of hydrogen-bond donors (Lipinski definition) is 2.